The molecule has 3 heterocycles. The molecule has 1 spiro atoms. The number of methoxy groups -OCH3 is 2. The van der Waals surface area contributed by atoms with Gasteiger partial charge < -0.3 is 29.0 Å². The van der Waals surface area contributed by atoms with E-state index in [9.17, 15) is 5.11 Å². The zero-order valence-electron chi connectivity index (χ0n) is 19.3. The second kappa shape index (κ2) is 7.90. The van der Waals surface area contributed by atoms with Gasteiger partial charge in [-0.1, -0.05) is 6.07 Å². The average Bonchev–Trinajstić information content (AvgIpc) is 3.16. The number of aryl methyl sites for hydroxylation is 1. The molecule has 7 nitrogen and oxygen atoms in total. The van der Waals surface area contributed by atoms with Crippen LogP contribution >= 0.6 is 0 Å². The maximum atomic E-state index is 9.71. The third kappa shape index (κ3) is 3.17. The van der Waals surface area contributed by atoms with Crippen molar-refractivity contribution >= 4 is 0 Å². The van der Waals surface area contributed by atoms with Crippen molar-refractivity contribution in [1.82, 2.24) is 9.88 Å². The summed E-state index contributed by atoms with van der Waals surface area (Å²) in [4.78, 5) is 6.88. The van der Waals surface area contributed by atoms with Crippen molar-refractivity contribution in [3.8, 4) is 17.2 Å². The maximum Gasteiger partial charge on any atom is 0.212 e. The molecule has 5 rings (SSSR count). The molecular weight excluding hydrogens is 408 g/mol. The van der Waals surface area contributed by atoms with Crippen LogP contribution in [0.2, 0.25) is 0 Å². The summed E-state index contributed by atoms with van der Waals surface area (Å²) in [6.07, 6.45) is 5.34. The lowest BCUT2D eigenvalue weighted by atomic mass is 9.64. The van der Waals surface area contributed by atoms with Gasteiger partial charge in [-0.05, 0) is 51.1 Å². The number of likely N-dealkylation sites (tertiary alicyclic amines) is 1. The summed E-state index contributed by atoms with van der Waals surface area (Å²) in [7, 11) is 5.55. The molecular formula is C25H32N2O5. The predicted octanol–water partition coefficient (Wildman–Crippen LogP) is 3.33. The van der Waals surface area contributed by atoms with E-state index in [2.05, 4.69) is 29.1 Å². The standard InChI is InChI=1S/C25H32N2O5/c1-16-23-19(17(14-28)13-26-16)15-31-25(32-23)8-7-24(9-10-27(2)22(24)12-25)18-5-6-20(29-3)21(11-18)30-4/h5-6,11,13,22,28H,7-10,12,14-15H2,1-4H3/t22-,24-,25?/m0/s1. The van der Waals surface area contributed by atoms with Crippen molar-refractivity contribution in [2.24, 2.45) is 0 Å². The van der Waals surface area contributed by atoms with E-state index in [0.717, 1.165) is 66.3 Å². The Morgan fingerprint density at radius 2 is 2.00 bits per heavy atom. The van der Waals surface area contributed by atoms with Gasteiger partial charge in [0.1, 0.15) is 5.75 Å². The molecule has 7 heteroatoms. The Kier molecular flexibility index (Phi) is 5.31. The molecule has 1 aliphatic carbocycles. The summed E-state index contributed by atoms with van der Waals surface area (Å²) < 4.78 is 24.1. The minimum absolute atomic E-state index is 0.0206. The molecule has 1 aromatic heterocycles. The van der Waals surface area contributed by atoms with Gasteiger partial charge in [0.25, 0.3) is 0 Å². The molecule has 1 N–H and O–H groups in total. The first kappa shape index (κ1) is 21.5. The van der Waals surface area contributed by atoms with Crippen LogP contribution in [-0.2, 0) is 23.4 Å². The molecule has 0 bridgehead atoms. The highest BCUT2D eigenvalue weighted by Gasteiger charge is 2.57. The Balaban J connectivity index is 1.48. The minimum Gasteiger partial charge on any atom is -0.493 e. The molecule has 172 valence electrons. The van der Waals surface area contributed by atoms with E-state index in [1.807, 2.05) is 13.0 Å². The number of fused-ring (bicyclic) bond motifs is 2. The number of rotatable bonds is 4. The third-order valence-corrected chi connectivity index (χ3v) is 7.84. The maximum absolute atomic E-state index is 9.71. The van der Waals surface area contributed by atoms with Gasteiger partial charge >= 0.3 is 0 Å². The lowest BCUT2D eigenvalue weighted by Crippen LogP contribution is -2.56. The van der Waals surface area contributed by atoms with E-state index in [1.54, 1.807) is 20.4 Å². The van der Waals surface area contributed by atoms with Crippen molar-refractivity contribution in [2.45, 2.75) is 63.1 Å². The number of nitrogens with zero attached hydrogens (tertiary/aromatic N) is 2. The van der Waals surface area contributed by atoms with Crippen molar-refractivity contribution in [3.63, 3.8) is 0 Å². The van der Waals surface area contributed by atoms with Crippen LogP contribution in [0, 0.1) is 6.92 Å². The van der Waals surface area contributed by atoms with Gasteiger partial charge in [0.2, 0.25) is 5.79 Å². The predicted molar refractivity (Wildman–Crippen MR) is 119 cm³/mol. The quantitative estimate of drug-likeness (QED) is 0.782. The fourth-order valence-electron chi connectivity index (χ4n) is 5.95. The van der Waals surface area contributed by atoms with Gasteiger partial charge in [-0.3, -0.25) is 4.98 Å². The van der Waals surface area contributed by atoms with Gasteiger partial charge in [-0.15, -0.1) is 0 Å². The van der Waals surface area contributed by atoms with Crippen LogP contribution in [0.25, 0.3) is 0 Å². The number of likely N-dealkylation sites (N-methyl/N-ethyl adjacent to an activating group) is 1. The van der Waals surface area contributed by atoms with E-state index in [1.165, 1.54) is 5.56 Å². The van der Waals surface area contributed by atoms with Crippen LogP contribution in [0.3, 0.4) is 0 Å². The highest BCUT2D eigenvalue weighted by atomic mass is 16.7. The zero-order chi connectivity index (χ0) is 22.5. The first-order valence-electron chi connectivity index (χ1n) is 11.3. The van der Waals surface area contributed by atoms with Crippen molar-refractivity contribution in [1.29, 1.82) is 0 Å². The average molecular weight is 441 g/mol. The van der Waals surface area contributed by atoms with Crippen LogP contribution in [0.5, 0.6) is 17.2 Å². The first-order chi connectivity index (χ1) is 15.4. The number of aliphatic hydroxyl groups excluding tert-OH is 1. The lowest BCUT2D eigenvalue weighted by molar-refractivity contribution is -0.236. The molecule has 32 heavy (non-hydrogen) atoms. The normalized spacial score (nSPS) is 29.3. The topological polar surface area (TPSA) is 73.3 Å². The van der Waals surface area contributed by atoms with E-state index in [4.69, 9.17) is 18.9 Å². The highest BCUT2D eigenvalue weighted by molar-refractivity contribution is 5.47. The summed E-state index contributed by atoms with van der Waals surface area (Å²) in [5.74, 6) is 1.63. The SMILES string of the molecule is COc1ccc([C@]23CCN(C)[C@H]2CC2(CC3)OCc3c(CO)cnc(C)c3O2)cc1OC. The van der Waals surface area contributed by atoms with Gasteiger partial charge in [0.05, 0.1) is 33.1 Å². The van der Waals surface area contributed by atoms with Crippen LogP contribution in [0.1, 0.15) is 48.1 Å². The molecule has 3 aliphatic rings. The largest absolute Gasteiger partial charge is 0.493 e. The fraction of sp³-hybridized carbons (Fsp3) is 0.560. The van der Waals surface area contributed by atoms with Crippen molar-refractivity contribution < 1.29 is 24.1 Å². The van der Waals surface area contributed by atoms with Crippen LogP contribution in [-0.4, -0.2) is 54.6 Å². The van der Waals surface area contributed by atoms with Crippen molar-refractivity contribution in [2.75, 3.05) is 27.8 Å². The number of aliphatic hydroxyl groups is 1. The van der Waals surface area contributed by atoms with Gasteiger partial charge in [0, 0.05) is 41.6 Å². The summed E-state index contributed by atoms with van der Waals surface area (Å²) in [5.41, 5.74) is 3.84. The number of aromatic nitrogens is 1. The Morgan fingerprint density at radius 3 is 2.75 bits per heavy atom. The summed E-state index contributed by atoms with van der Waals surface area (Å²) in [5, 5.41) is 9.71. The van der Waals surface area contributed by atoms with Crippen LogP contribution < -0.4 is 14.2 Å². The molecule has 2 aliphatic heterocycles. The summed E-state index contributed by atoms with van der Waals surface area (Å²) in [6.45, 7) is 3.36. The molecule has 0 amide bonds. The van der Waals surface area contributed by atoms with Gasteiger partial charge in [-0.25, -0.2) is 0 Å². The Bertz CT molecular complexity index is 1030. The number of benzene rings is 1. The third-order valence-electron chi connectivity index (χ3n) is 7.84. The second-order valence-corrected chi connectivity index (χ2v) is 9.31. The molecule has 0 radical (unpaired) electrons. The monoisotopic (exact) mass is 440 g/mol. The molecule has 1 unspecified atom stereocenters. The molecule has 2 fully saturated rings. The molecule has 2 aromatic rings. The lowest BCUT2D eigenvalue weighted by Gasteiger charge is -2.51. The minimum atomic E-state index is -0.670. The number of pyridine rings is 1. The number of ether oxygens (including phenoxy) is 4. The van der Waals surface area contributed by atoms with Crippen molar-refractivity contribution in [3.05, 3.63) is 46.8 Å². The number of hydrogen-bond donors (Lipinski definition) is 1. The Hall–Kier alpha value is -2.35. The van der Waals surface area contributed by atoms with Gasteiger partial charge in [-0.2, -0.15) is 0 Å². The van der Waals surface area contributed by atoms with E-state index in [-0.39, 0.29) is 18.1 Å². The number of hydrogen-bond acceptors (Lipinski definition) is 7. The van der Waals surface area contributed by atoms with Crippen LogP contribution in [0.4, 0.5) is 0 Å². The zero-order valence-corrected chi connectivity index (χ0v) is 19.3. The fourth-order valence-corrected chi connectivity index (χ4v) is 5.95. The Morgan fingerprint density at radius 1 is 1.19 bits per heavy atom. The van der Waals surface area contributed by atoms with E-state index < -0.39 is 5.79 Å². The second-order valence-electron chi connectivity index (χ2n) is 9.31. The molecule has 1 saturated heterocycles. The summed E-state index contributed by atoms with van der Waals surface area (Å²) in [6, 6.07) is 6.62. The van der Waals surface area contributed by atoms with Crippen LogP contribution in [0.15, 0.2) is 24.4 Å². The molecule has 1 aromatic carbocycles. The Labute approximate surface area is 189 Å². The van der Waals surface area contributed by atoms with E-state index >= 15 is 0 Å². The molecule has 1 saturated carbocycles. The van der Waals surface area contributed by atoms with Gasteiger partial charge in [0.15, 0.2) is 11.5 Å². The van der Waals surface area contributed by atoms with E-state index in [0.29, 0.717) is 6.61 Å². The molecule has 3 atom stereocenters. The highest BCUT2D eigenvalue weighted by Crippen LogP contribution is 2.54. The first-order valence-corrected chi connectivity index (χ1v) is 11.3. The summed E-state index contributed by atoms with van der Waals surface area (Å²) >= 11 is 0. The smallest absolute Gasteiger partial charge is 0.212 e.